The number of fused-ring (bicyclic) bond motifs is 7. The minimum Gasteiger partial charge on any atom is -0.550 e. The van der Waals surface area contributed by atoms with E-state index in [0.29, 0.717) is 12.8 Å². The van der Waals surface area contributed by atoms with Crippen LogP contribution in [-0.4, -0.2) is 195 Å². The lowest BCUT2D eigenvalue weighted by atomic mass is 9.79. The van der Waals surface area contributed by atoms with Crippen molar-refractivity contribution in [3.63, 3.8) is 0 Å². The summed E-state index contributed by atoms with van der Waals surface area (Å²) in [5, 5.41) is 64.1. The number of hydrogen-bond acceptors (Lipinski definition) is 17. The number of allylic oxidation sites excluding steroid dienone is 8. The van der Waals surface area contributed by atoms with Crippen LogP contribution in [0.15, 0.2) is 126 Å². The van der Waals surface area contributed by atoms with Gasteiger partial charge in [-0.15, -0.1) is 0 Å². The highest BCUT2D eigenvalue weighted by Crippen LogP contribution is 2.51. The highest BCUT2D eigenvalue weighted by molar-refractivity contribution is 8.76. The number of amides is 8. The Morgan fingerprint density at radius 1 is 0.760 bits per heavy atom. The van der Waals surface area contributed by atoms with E-state index in [1.54, 1.807) is 0 Å². The predicted molar refractivity (Wildman–Crippen MR) is 396 cm³/mol. The second kappa shape index (κ2) is 36.9. The third-order valence-corrected chi connectivity index (χ3v) is 21.2. The molecule has 0 aliphatic carbocycles. The summed E-state index contributed by atoms with van der Waals surface area (Å²) in [6.07, 6.45) is 14.2. The molecule has 8 rings (SSSR count). The number of aliphatic hydroxyl groups excluding tert-OH is 1. The van der Waals surface area contributed by atoms with E-state index >= 15 is 0 Å². The number of carbonyl (C=O) groups is 11. The number of carbonyl (C=O) groups excluding carboxylic acids is 9. The van der Waals surface area contributed by atoms with Crippen LogP contribution >= 0.6 is 21.6 Å². The van der Waals surface area contributed by atoms with E-state index in [1.165, 1.54) is 0 Å². The van der Waals surface area contributed by atoms with Gasteiger partial charge >= 0.3 is 11.9 Å². The van der Waals surface area contributed by atoms with Gasteiger partial charge in [-0.2, -0.15) is 4.58 Å². The maximum atomic E-state index is 14.6. The molecule has 0 radical (unpaired) electrons. The SMILES string of the molecule is CCCCC[C@H](NC(=O)[C@@H]1CSSC[C@@H](NC(=O)CCN2/C(=C/C=C/C=C/C=C/C3=[N+](CCC(=O)[O-])c4ccc5ccccc5c4C3(C)C)C(C)(C)c3c2ccc2ccccc32)C(=O)NCC(=O)N[C@@H](CCCN=C(N)N)C(=O)N[C@@H](CC(=O)O)C(=O)N[C@@H](CO)C(=O)N2CCCC2C(=O)N1)C(=O)O. The van der Waals surface area contributed by atoms with Gasteiger partial charge in [-0.1, -0.05) is 147 Å². The summed E-state index contributed by atoms with van der Waals surface area (Å²) in [4.78, 5) is 157. The number of carboxylic acids is 3. The molecule has 4 aromatic carbocycles. The van der Waals surface area contributed by atoms with Crippen LogP contribution in [0.3, 0.4) is 0 Å². The summed E-state index contributed by atoms with van der Waals surface area (Å²) in [6.45, 7) is 8.79. The van der Waals surface area contributed by atoms with Gasteiger partial charge in [-0.3, -0.25) is 48.1 Å². The van der Waals surface area contributed by atoms with Crippen molar-refractivity contribution < 1.29 is 77.7 Å². The van der Waals surface area contributed by atoms with Crippen LogP contribution in [0.4, 0.5) is 11.4 Å². The third-order valence-electron chi connectivity index (χ3n) is 18.8. The first-order chi connectivity index (χ1) is 49.7. The number of nitrogens with two attached hydrogens (primary N) is 2. The van der Waals surface area contributed by atoms with Crippen molar-refractivity contribution in [2.24, 2.45) is 16.5 Å². The number of unbranched alkanes of at least 4 members (excludes halogenated alkanes) is 2. The number of benzene rings is 4. The van der Waals surface area contributed by atoms with Crippen LogP contribution < -0.4 is 58.7 Å². The van der Waals surface area contributed by atoms with Crippen LogP contribution in [0.2, 0.25) is 0 Å². The molecule has 4 heterocycles. The lowest BCUT2D eigenvalue weighted by Crippen LogP contribution is -2.60. The monoisotopic (exact) mass is 1470 g/mol. The molecule has 104 heavy (non-hydrogen) atoms. The van der Waals surface area contributed by atoms with Gasteiger partial charge in [0, 0.05) is 84.5 Å². The smallest absolute Gasteiger partial charge is 0.326 e. The average molecular weight is 1470 g/mol. The second-order valence-electron chi connectivity index (χ2n) is 26.9. The lowest BCUT2D eigenvalue weighted by Gasteiger charge is -2.30. The molecule has 4 aliphatic rings. The summed E-state index contributed by atoms with van der Waals surface area (Å²) in [7, 11) is 1.99. The van der Waals surface area contributed by atoms with Crippen molar-refractivity contribution >= 4 is 131 Å². The van der Waals surface area contributed by atoms with Gasteiger partial charge in [0.25, 0.3) is 0 Å². The Labute approximate surface area is 610 Å². The maximum Gasteiger partial charge on any atom is 0.326 e. The van der Waals surface area contributed by atoms with Crippen molar-refractivity contribution in [1.29, 1.82) is 0 Å². The zero-order chi connectivity index (χ0) is 75.4. The fraction of sp³-hybridized carbons (Fsp3) is 0.446. The molecule has 1 unspecified atom stereocenters. The van der Waals surface area contributed by atoms with E-state index in [4.69, 9.17) is 11.5 Å². The standard InChI is InChI=1S/C74H93N13O15S2/c1-6-7-11-24-49(71(101)102)81-68(98)53-43-104-103-42-52(65(95)78-40-60(90)79-48(25-18-35-77-72(75)76)66(96)82-50(39-62(93)94)67(97)83-51(41-88)70(100)87-36-19-26-56(87)69(99)84-53)80-59(89)33-37-85-54-31-29-44-20-14-16-22-46(44)63(54)73(2,3)57(85)27-12-9-8-10-13-28-58-74(4,5)64-47-23-17-15-21-45(47)30-32-55(64)86(58)38-34-61(91)92/h8-10,12-17,20-23,27-32,48-53,56,88H,6-7,11,18-19,24-26,33-43H2,1-5H3,(H13-,75,76,77,78,79,80,81,82,83,84,89,90,91,92,93,94,95,96,97,98,99,101,102)/t48-,49-,50-,51-,52+,53-,56?/m0/s1. The molecule has 4 aromatic rings. The molecule has 2 saturated heterocycles. The van der Waals surface area contributed by atoms with Gasteiger partial charge in [-0.05, 0) is 91.3 Å². The zero-order valence-corrected chi connectivity index (χ0v) is 60.6. The Kier molecular flexibility index (Phi) is 28.2. The summed E-state index contributed by atoms with van der Waals surface area (Å²) in [5.74, 6) is -12.2. The minimum atomic E-state index is -1.91. The number of aliphatic imine (C=N–C) groups is 1. The van der Waals surface area contributed by atoms with Crippen LogP contribution in [0.25, 0.3) is 21.5 Å². The van der Waals surface area contributed by atoms with Gasteiger partial charge in [0.15, 0.2) is 18.2 Å². The van der Waals surface area contributed by atoms with Gasteiger partial charge < -0.3 is 83.7 Å². The van der Waals surface area contributed by atoms with Crippen LogP contribution in [0, 0.1) is 0 Å². The molecule has 14 N–H and O–H groups in total. The molecule has 2 fully saturated rings. The van der Waals surface area contributed by atoms with Gasteiger partial charge in [0.2, 0.25) is 52.9 Å². The van der Waals surface area contributed by atoms with E-state index in [1.807, 2.05) is 115 Å². The van der Waals surface area contributed by atoms with Crippen molar-refractivity contribution in [3.05, 3.63) is 132 Å². The van der Waals surface area contributed by atoms with Crippen molar-refractivity contribution in [2.45, 2.75) is 158 Å². The average Bonchev–Trinajstić information content (AvgIpc) is 1.58. The Morgan fingerprint density at radius 2 is 1.42 bits per heavy atom. The van der Waals surface area contributed by atoms with E-state index < -0.39 is 138 Å². The topological polar surface area (TPSA) is 430 Å². The molecule has 0 bridgehead atoms. The van der Waals surface area contributed by atoms with Crippen molar-refractivity contribution in [1.82, 2.24) is 42.1 Å². The number of nitrogens with one attached hydrogen (secondary N) is 7. The Balaban J connectivity index is 1.07. The van der Waals surface area contributed by atoms with Crippen molar-refractivity contribution in [2.75, 3.05) is 55.7 Å². The number of aliphatic hydroxyl groups is 1. The number of carboxylic acid groups (broad SMARTS) is 3. The van der Waals surface area contributed by atoms with E-state index in [-0.39, 0.29) is 88.6 Å². The number of anilines is 1. The molecule has 8 amide bonds. The van der Waals surface area contributed by atoms with Gasteiger partial charge in [0.1, 0.15) is 42.3 Å². The molecule has 4 aliphatic heterocycles. The summed E-state index contributed by atoms with van der Waals surface area (Å²) in [5.41, 5.74) is 15.6. The molecule has 28 nitrogen and oxygen atoms in total. The molecule has 0 aromatic heterocycles. The zero-order valence-electron chi connectivity index (χ0n) is 58.9. The minimum absolute atomic E-state index is 0.0329. The third kappa shape index (κ3) is 20.2. The van der Waals surface area contributed by atoms with Gasteiger partial charge in [-0.25, -0.2) is 4.79 Å². The number of hydrogen-bond donors (Lipinski definition) is 12. The van der Waals surface area contributed by atoms with E-state index in [0.717, 1.165) is 88.4 Å². The first-order valence-electron chi connectivity index (χ1n) is 34.8. The van der Waals surface area contributed by atoms with Crippen molar-refractivity contribution in [3.8, 4) is 0 Å². The van der Waals surface area contributed by atoms with Gasteiger partial charge in [0.05, 0.1) is 25.0 Å². The number of nitrogens with zero attached hydrogens (tertiary/aromatic N) is 4. The van der Waals surface area contributed by atoms with Crippen LogP contribution in [0.5, 0.6) is 0 Å². The Bertz CT molecular complexity index is 4110. The normalized spacial score (nSPS) is 22.0. The fourth-order valence-electron chi connectivity index (χ4n) is 13.6. The fourth-order valence-corrected chi connectivity index (χ4v) is 16.0. The first-order valence-corrected chi connectivity index (χ1v) is 37.3. The second-order valence-corrected chi connectivity index (χ2v) is 29.4. The molecule has 7 atom stereocenters. The first kappa shape index (κ1) is 79.6. The van der Waals surface area contributed by atoms with Crippen LogP contribution in [0.1, 0.15) is 116 Å². The summed E-state index contributed by atoms with van der Waals surface area (Å²) in [6, 6.07) is 13.5. The quantitative estimate of drug-likeness (QED) is 0.0113. The van der Waals surface area contributed by atoms with Crippen LogP contribution in [-0.2, 0) is 63.6 Å². The molecular weight excluding hydrogens is 1380 g/mol. The number of rotatable bonds is 25. The predicted octanol–water partition coefficient (Wildman–Crippen LogP) is 2.85. The maximum absolute atomic E-state index is 14.6. The highest BCUT2D eigenvalue weighted by Gasteiger charge is 2.46. The molecule has 30 heteroatoms. The number of aliphatic carboxylic acids is 3. The Morgan fingerprint density at radius 3 is 2.11 bits per heavy atom. The molecule has 0 saturated carbocycles. The summed E-state index contributed by atoms with van der Waals surface area (Å²) >= 11 is 0. The highest BCUT2D eigenvalue weighted by atomic mass is 33.1. The molecule has 0 spiro atoms. The molecular formula is C74H93N13O15S2. The van der Waals surface area contributed by atoms with E-state index in [9.17, 15) is 73.2 Å². The number of guanidine groups is 1. The van der Waals surface area contributed by atoms with E-state index in [2.05, 4.69) is 86.9 Å². The lowest BCUT2D eigenvalue weighted by molar-refractivity contribution is -0.439. The largest absolute Gasteiger partial charge is 0.550 e. The Hall–Kier alpha value is -10.1. The molecule has 556 valence electrons. The summed E-state index contributed by atoms with van der Waals surface area (Å²) < 4.78 is 2.05.